The highest BCUT2D eigenvalue weighted by Crippen LogP contribution is 2.32. The lowest BCUT2D eigenvalue weighted by Crippen LogP contribution is -2.44. The summed E-state index contributed by atoms with van der Waals surface area (Å²) in [5.41, 5.74) is 4.22. The summed E-state index contributed by atoms with van der Waals surface area (Å²) < 4.78 is 27.9. The fourth-order valence-electron chi connectivity index (χ4n) is 4.78. The number of hydrogen-bond acceptors (Lipinski definition) is 6. The average molecular weight is 491 g/mol. The van der Waals surface area contributed by atoms with Gasteiger partial charge in [0.05, 0.1) is 6.20 Å². The van der Waals surface area contributed by atoms with Crippen molar-refractivity contribution in [3.63, 3.8) is 0 Å². The van der Waals surface area contributed by atoms with E-state index in [1.807, 2.05) is 18.0 Å². The molecular formula is C27H28F2N6O. The molecule has 3 heterocycles. The third-order valence-electron chi connectivity index (χ3n) is 6.77. The van der Waals surface area contributed by atoms with E-state index in [-0.39, 0.29) is 23.6 Å². The Hall–Kier alpha value is -4.01. The Morgan fingerprint density at radius 3 is 2.72 bits per heavy atom. The molecule has 3 aromatic rings. The lowest BCUT2D eigenvalue weighted by molar-refractivity contribution is -0.127. The molecule has 1 N–H and O–H groups in total. The van der Waals surface area contributed by atoms with E-state index in [0.717, 1.165) is 30.8 Å². The van der Waals surface area contributed by atoms with Crippen LogP contribution in [0.1, 0.15) is 24.0 Å². The van der Waals surface area contributed by atoms with Gasteiger partial charge in [-0.05, 0) is 66.4 Å². The van der Waals surface area contributed by atoms with Gasteiger partial charge in [-0.1, -0.05) is 12.6 Å². The molecule has 0 aliphatic carbocycles. The zero-order valence-corrected chi connectivity index (χ0v) is 20.1. The molecule has 7 nitrogen and oxygen atoms in total. The number of rotatable bonds is 6. The minimum atomic E-state index is -0.539. The maximum absolute atomic E-state index is 14.6. The van der Waals surface area contributed by atoms with E-state index in [1.165, 1.54) is 35.5 Å². The molecule has 5 rings (SSSR count). The van der Waals surface area contributed by atoms with Crippen LogP contribution < -0.4 is 15.1 Å². The normalized spacial score (nSPS) is 17.0. The molecule has 1 amide bonds. The van der Waals surface area contributed by atoms with Crippen LogP contribution in [0.2, 0.25) is 0 Å². The molecule has 2 aromatic carbocycles. The van der Waals surface area contributed by atoms with Crippen LogP contribution in [0.4, 0.5) is 31.9 Å². The number of nitrogens with one attached hydrogen (secondary N) is 1. The Balaban J connectivity index is 1.31. The molecule has 0 bridgehead atoms. The molecule has 0 unspecified atom stereocenters. The molecule has 0 spiro atoms. The van der Waals surface area contributed by atoms with Crippen LogP contribution in [0, 0.1) is 11.6 Å². The standard InChI is InChI=1S/C27H28F2N6O/c1-3-25(36)34-12-4-5-21(17-34)31-26-24(29)14-30-27(32-26)33(2)23-9-6-18-15-35(16-19(18)13-23)22-10-7-20(28)8-11-22/h3,6-11,13-14,21H,1,4-5,12,15-17H2,2H3,(H,30,31,32)/t21-/m1/s1. The second kappa shape index (κ2) is 9.93. The van der Waals surface area contributed by atoms with Crippen LogP contribution in [-0.4, -0.2) is 47.0 Å². The average Bonchev–Trinajstić information content (AvgIpc) is 3.33. The first-order valence-electron chi connectivity index (χ1n) is 12.0. The molecule has 0 saturated carbocycles. The number of anilines is 4. The predicted octanol–water partition coefficient (Wildman–Crippen LogP) is 4.63. The summed E-state index contributed by atoms with van der Waals surface area (Å²) in [4.78, 5) is 26.4. The summed E-state index contributed by atoms with van der Waals surface area (Å²) in [5, 5.41) is 3.16. The number of halogens is 2. The largest absolute Gasteiger partial charge is 0.363 e. The number of amides is 1. The Bertz CT molecular complexity index is 1280. The van der Waals surface area contributed by atoms with E-state index in [4.69, 9.17) is 0 Å². The number of carbonyl (C=O) groups is 1. The maximum atomic E-state index is 14.6. The molecule has 9 heteroatoms. The van der Waals surface area contributed by atoms with Gasteiger partial charge >= 0.3 is 0 Å². The van der Waals surface area contributed by atoms with Crippen LogP contribution >= 0.6 is 0 Å². The number of fused-ring (bicyclic) bond motifs is 1. The van der Waals surface area contributed by atoms with E-state index in [9.17, 15) is 13.6 Å². The Kier molecular flexibility index (Phi) is 6.54. The number of likely N-dealkylation sites (tertiary alicyclic amines) is 1. The summed E-state index contributed by atoms with van der Waals surface area (Å²) in [7, 11) is 1.84. The van der Waals surface area contributed by atoms with Crippen molar-refractivity contribution in [2.24, 2.45) is 0 Å². The van der Waals surface area contributed by atoms with Crippen molar-refractivity contribution in [1.29, 1.82) is 0 Å². The van der Waals surface area contributed by atoms with Crippen LogP contribution in [0.5, 0.6) is 0 Å². The van der Waals surface area contributed by atoms with Crippen LogP contribution in [0.25, 0.3) is 0 Å². The highest BCUT2D eigenvalue weighted by atomic mass is 19.1. The van der Waals surface area contributed by atoms with E-state index in [2.05, 4.69) is 38.9 Å². The first-order valence-corrected chi connectivity index (χ1v) is 12.0. The van der Waals surface area contributed by atoms with Crippen molar-refractivity contribution in [2.75, 3.05) is 35.3 Å². The number of piperidine rings is 1. The highest BCUT2D eigenvalue weighted by Gasteiger charge is 2.24. The lowest BCUT2D eigenvalue weighted by atomic mass is 10.1. The van der Waals surface area contributed by atoms with Gasteiger partial charge in [0.25, 0.3) is 0 Å². The molecule has 186 valence electrons. The van der Waals surface area contributed by atoms with Gasteiger partial charge in [-0.25, -0.2) is 13.8 Å². The van der Waals surface area contributed by atoms with E-state index < -0.39 is 5.82 Å². The van der Waals surface area contributed by atoms with Crippen molar-refractivity contribution in [3.8, 4) is 0 Å². The number of nitrogens with zero attached hydrogens (tertiary/aromatic N) is 5. The summed E-state index contributed by atoms with van der Waals surface area (Å²) in [6.07, 6.45) is 4.10. The summed E-state index contributed by atoms with van der Waals surface area (Å²) in [5.74, 6) is -0.433. The quantitative estimate of drug-likeness (QED) is 0.509. The van der Waals surface area contributed by atoms with E-state index >= 15 is 0 Å². The third-order valence-corrected chi connectivity index (χ3v) is 6.77. The van der Waals surface area contributed by atoms with Gasteiger partial charge in [0, 0.05) is 50.6 Å². The SMILES string of the molecule is C=CC(=O)N1CCC[C@@H](Nc2nc(N(C)c3ccc4c(c3)CN(c3ccc(F)cc3)C4)ncc2F)C1. The molecule has 1 fully saturated rings. The number of carbonyl (C=O) groups excluding carboxylic acids is 1. The highest BCUT2D eigenvalue weighted by molar-refractivity contribution is 5.87. The lowest BCUT2D eigenvalue weighted by Gasteiger charge is -2.33. The molecule has 1 atom stereocenters. The van der Waals surface area contributed by atoms with Gasteiger partial charge in [0.15, 0.2) is 11.6 Å². The predicted molar refractivity (Wildman–Crippen MR) is 136 cm³/mol. The molecular weight excluding hydrogens is 462 g/mol. The monoisotopic (exact) mass is 490 g/mol. The summed E-state index contributed by atoms with van der Waals surface area (Å²) in [6.45, 7) is 6.14. The first kappa shape index (κ1) is 23.7. The van der Waals surface area contributed by atoms with Gasteiger partial charge < -0.3 is 20.0 Å². The zero-order chi connectivity index (χ0) is 25.2. The van der Waals surface area contributed by atoms with Crippen molar-refractivity contribution in [2.45, 2.75) is 32.0 Å². The maximum Gasteiger partial charge on any atom is 0.246 e. The van der Waals surface area contributed by atoms with Crippen LogP contribution in [-0.2, 0) is 17.9 Å². The molecule has 0 radical (unpaired) electrons. The van der Waals surface area contributed by atoms with Crippen molar-refractivity contribution in [3.05, 3.63) is 84.1 Å². The van der Waals surface area contributed by atoms with Crippen molar-refractivity contribution < 1.29 is 13.6 Å². The van der Waals surface area contributed by atoms with Gasteiger partial charge in [0.2, 0.25) is 11.9 Å². The van der Waals surface area contributed by atoms with E-state index in [1.54, 1.807) is 17.0 Å². The molecule has 2 aliphatic heterocycles. The number of hydrogen-bond donors (Lipinski definition) is 1. The Morgan fingerprint density at radius 1 is 1.17 bits per heavy atom. The van der Waals surface area contributed by atoms with Gasteiger partial charge in [-0.2, -0.15) is 4.98 Å². The minimum absolute atomic E-state index is 0.109. The van der Waals surface area contributed by atoms with Gasteiger partial charge in [-0.3, -0.25) is 4.79 Å². The van der Waals surface area contributed by atoms with Gasteiger partial charge in [0.1, 0.15) is 5.82 Å². The smallest absolute Gasteiger partial charge is 0.246 e. The Morgan fingerprint density at radius 2 is 1.94 bits per heavy atom. The fraction of sp³-hybridized carbons (Fsp3) is 0.296. The minimum Gasteiger partial charge on any atom is -0.363 e. The second-order valence-electron chi connectivity index (χ2n) is 9.18. The first-order chi connectivity index (χ1) is 17.4. The Labute approximate surface area is 209 Å². The molecule has 1 aromatic heterocycles. The summed E-state index contributed by atoms with van der Waals surface area (Å²) >= 11 is 0. The number of aromatic nitrogens is 2. The molecule has 2 aliphatic rings. The molecule has 36 heavy (non-hydrogen) atoms. The van der Waals surface area contributed by atoms with Crippen molar-refractivity contribution in [1.82, 2.24) is 14.9 Å². The fourth-order valence-corrected chi connectivity index (χ4v) is 4.78. The molecule has 1 saturated heterocycles. The second-order valence-corrected chi connectivity index (χ2v) is 9.18. The summed E-state index contributed by atoms with van der Waals surface area (Å²) in [6, 6.07) is 12.5. The van der Waals surface area contributed by atoms with Gasteiger partial charge in [-0.15, -0.1) is 0 Å². The van der Waals surface area contributed by atoms with Crippen molar-refractivity contribution >= 4 is 29.0 Å². The number of benzene rings is 2. The zero-order valence-electron chi connectivity index (χ0n) is 20.1. The van der Waals surface area contributed by atoms with E-state index in [0.29, 0.717) is 25.6 Å². The van der Waals surface area contributed by atoms with Crippen LogP contribution in [0.15, 0.2) is 61.3 Å². The van der Waals surface area contributed by atoms with Crippen LogP contribution in [0.3, 0.4) is 0 Å². The topological polar surface area (TPSA) is 64.6 Å². The third kappa shape index (κ3) is 4.86.